The number of benzene rings is 1. The number of nitrogens with zero attached hydrogens (tertiary/aromatic N) is 3. The van der Waals surface area contributed by atoms with Crippen molar-refractivity contribution in [3.63, 3.8) is 0 Å². The first-order chi connectivity index (χ1) is 17.6. The van der Waals surface area contributed by atoms with Crippen LogP contribution in [-0.2, 0) is 28.4 Å². The van der Waals surface area contributed by atoms with Gasteiger partial charge in [0, 0.05) is 56.6 Å². The van der Waals surface area contributed by atoms with E-state index in [-0.39, 0.29) is 17.5 Å². The zero-order chi connectivity index (χ0) is 26.7. The molecule has 1 unspecified atom stereocenters. The fraction of sp³-hybridized carbons (Fsp3) is 0.462. The van der Waals surface area contributed by atoms with Crippen molar-refractivity contribution < 1.29 is 17.6 Å². The van der Waals surface area contributed by atoms with E-state index in [4.69, 9.17) is 10.2 Å². The largest absolute Gasteiger partial charge is 0.459 e. The topological polar surface area (TPSA) is 131 Å². The van der Waals surface area contributed by atoms with Gasteiger partial charge in [-0.3, -0.25) is 14.5 Å². The number of amides is 1. The molecule has 2 aromatic heterocycles. The lowest BCUT2D eigenvalue weighted by Gasteiger charge is -2.38. The lowest BCUT2D eigenvalue weighted by molar-refractivity contribution is -0.116. The van der Waals surface area contributed by atoms with E-state index in [1.54, 1.807) is 19.3 Å². The van der Waals surface area contributed by atoms with Crippen molar-refractivity contribution >= 4 is 32.6 Å². The Kier molecular flexibility index (Phi) is 8.17. The molecule has 1 saturated heterocycles. The van der Waals surface area contributed by atoms with Gasteiger partial charge < -0.3 is 20.0 Å². The Labute approximate surface area is 217 Å². The van der Waals surface area contributed by atoms with Gasteiger partial charge >= 0.3 is 0 Å². The molecule has 3 N–H and O–H groups in total. The molecular weight excluding hydrogens is 494 g/mol. The lowest BCUT2D eigenvalue weighted by Crippen LogP contribution is -2.52. The minimum atomic E-state index is -3.23. The van der Waals surface area contributed by atoms with Crippen molar-refractivity contribution in [3.05, 3.63) is 52.6 Å². The number of furan rings is 1. The Hall–Kier alpha value is -2.99. The fourth-order valence-corrected chi connectivity index (χ4v) is 5.60. The van der Waals surface area contributed by atoms with E-state index < -0.39 is 10.0 Å². The Bertz CT molecular complexity index is 1450. The highest BCUT2D eigenvalue weighted by Gasteiger charge is 2.29. The number of nitrogens with two attached hydrogens (primary N) is 1. The summed E-state index contributed by atoms with van der Waals surface area (Å²) in [5.74, 6) is 0.574. The Morgan fingerprint density at radius 2 is 2.00 bits per heavy atom. The van der Waals surface area contributed by atoms with Gasteiger partial charge in [0.1, 0.15) is 11.3 Å². The summed E-state index contributed by atoms with van der Waals surface area (Å²) >= 11 is 0. The van der Waals surface area contributed by atoms with Gasteiger partial charge in [-0.05, 0) is 50.1 Å². The number of rotatable bonds is 9. The third-order valence-corrected chi connectivity index (χ3v) is 8.04. The molecule has 37 heavy (non-hydrogen) atoms. The number of aryl methyl sites for hydroxylation is 1. The van der Waals surface area contributed by atoms with Crippen molar-refractivity contribution in [1.82, 2.24) is 13.8 Å². The molecule has 0 spiro atoms. The first-order valence-corrected chi connectivity index (χ1v) is 14.3. The summed E-state index contributed by atoms with van der Waals surface area (Å²) in [6.45, 7) is 4.42. The van der Waals surface area contributed by atoms with Crippen LogP contribution in [0.3, 0.4) is 0 Å². The van der Waals surface area contributed by atoms with Gasteiger partial charge in [-0.2, -0.15) is 4.31 Å². The van der Waals surface area contributed by atoms with Gasteiger partial charge in [0.15, 0.2) is 0 Å². The number of fused-ring (bicyclic) bond motifs is 1. The molecule has 3 heterocycles. The molecule has 11 heteroatoms. The highest BCUT2D eigenvalue weighted by atomic mass is 32.2. The maximum absolute atomic E-state index is 12.9. The number of piperazine rings is 1. The number of carbonyl (C=O) groups is 1. The maximum atomic E-state index is 12.9. The first-order valence-electron chi connectivity index (χ1n) is 12.5. The molecular formula is C26H35N5O5S. The average molecular weight is 530 g/mol. The van der Waals surface area contributed by atoms with Crippen LogP contribution in [0.4, 0.5) is 5.69 Å². The summed E-state index contributed by atoms with van der Waals surface area (Å²) in [6, 6.07) is 9.25. The van der Waals surface area contributed by atoms with Gasteiger partial charge in [0.05, 0.1) is 18.2 Å². The third kappa shape index (κ3) is 6.30. The molecule has 10 nitrogen and oxygen atoms in total. The Morgan fingerprint density at radius 3 is 2.70 bits per heavy atom. The van der Waals surface area contributed by atoms with Crippen molar-refractivity contribution in [3.8, 4) is 11.1 Å². The van der Waals surface area contributed by atoms with Gasteiger partial charge in [-0.1, -0.05) is 12.1 Å². The van der Waals surface area contributed by atoms with Crippen LogP contribution in [0.25, 0.3) is 22.1 Å². The Balaban J connectivity index is 1.59. The normalized spacial score (nSPS) is 17.4. The minimum Gasteiger partial charge on any atom is -0.459 e. The number of sulfonamides is 1. The molecule has 1 fully saturated rings. The van der Waals surface area contributed by atoms with Gasteiger partial charge in [-0.25, -0.2) is 8.42 Å². The van der Waals surface area contributed by atoms with E-state index in [1.165, 1.54) is 15.1 Å². The summed E-state index contributed by atoms with van der Waals surface area (Å²) < 4.78 is 33.1. The number of carbonyl (C=O) groups excluding carboxylic acids is 1. The number of nitrogens with one attached hydrogen (secondary N) is 1. The number of hydrogen-bond acceptors (Lipinski definition) is 7. The molecule has 1 aliphatic heterocycles. The van der Waals surface area contributed by atoms with E-state index in [9.17, 15) is 18.0 Å². The summed E-state index contributed by atoms with van der Waals surface area (Å²) in [5, 5.41) is 3.41. The molecule has 1 atom stereocenters. The van der Waals surface area contributed by atoms with E-state index in [1.807, 2.05) is 31.2 Å². The van der Waals surface area contributed by atoms with Crippen molar-refractivity contribution in [2.75, 3.05) is 37.8 Å². The van der Waals surface area contributed by atoms with Crippen LogP contribution in [0.2, 0.25) is 0 Å². The number of hydrogen-bond donors (Lipinski definition) is 2. The second kappa shape index (κ2) is 11.2. The van der Waals surface area contributed by atoms with Crippen LogP contribution < -0.4 is 16.6 Å². The molecule has 0 aliphatic carbocycles. The molecule has 4 rings (SSSR count). The third-order valence-electron chi connectivity index (χ3n) is 6.77. The predicted octanol–water partition coefficient (Wildman–Crippen LogP) is 2.33. The fourth-order valence-electron chi connectivity index (χ4n) is 4.70. The zero-order valence-electron chi connectivity index (χ0n) is 21.6. The molecule has 0 saturated carbocycles. The molecule has 1 aromatic carbocycles. The highest BCUT2D eigenvalue weighted by Crippen LogP contribution is 2.31. The summed E-state index contributed by atoms with van der Waals surface area (Å²) in [4.78, 5) is 27.4. The van der Waals surface area contributed by atoms with Gasteiger partial charge in [0.2, 0.25) is 15.9 Å². The maximum Gasteiger partial charge on any atom is 0.261 e. The standard InChI is InChI=1S/C26H35N5O5S/c1-18-15-31(37(3,34)35)12-11-30(18)16-21-14-22-25(36-21)23(17-29(2)26(22)33)19-7-6-8-20(13-19)28-24(32)9-4-5-10-27/h6-8,13-14,17-18H,4-5,9-12,15-16,27H2,1-3H3,(H,28,32). The average Bonchev–Trinajstić information content (AvgIpc) is 3.26. The van der Waals surface area contributed by atoms with E-state index >= 15 is 0 Å². The van der Waals surface area contributed by atoms with E-state index in [2.05, 4.69) is 10.2 Å². The van der Waals surface area contributed by atoms with Crippen LogP contribution in [0.5, 0.6) is 0 Å². The number of pyridine rings is 1. The van der Waals surface area contributed by atoms with Gasteiger partial charge in [0.25, 0.3) is 5.56 Å². The second-order valence-corrected chi connectivity index (χ2v) is 11.7. The first kappa shape index (κ1) is 27.1. The van der Waals surface area contributed by atoms with Crippen molar-refractivity contribution in [2.45, 2.75) is 38.8 Å². The van der Waals surface area contributed by atoms with E-state index in [0.29, 0.717) is 61.6 Å². The summed E-state index contributed by atoms with van der Waals surface area (Å²) in [5.41, 5.74) is 8.08. The SMILES string of the molecule is CC1CN(S(C)(=O)=O)CCN1Cc1cc2c(=O)n(C)cc(-c3cccc(NC(=O)CCCCN)c3)c2o1. The second-order valence-electron chi connectivity index (χ2n) is 9.73. The molecule has 1 aliphatic rings. The molecule has 3 aromatic rings. The molecule has 0 bridgehead atoms. The van der Waals surface area contributed by atoms with Crippen LogP contribution in [0.1, 0.15) is 31.9 Å². The Morgan fingerprint density at radius 1 is 1.22 bits per heavy atom. The molecule has 0 radical (unpaired) electrons. The molecule has 200 valence electrons. The van der Waals surface area contributed by atoms with Crippen molar-refractivity contribution in [1.29, 1.82) is 0 Å². The predicted molar refractivity (Wildman–Crippen MR) is 145 cm³/mol. The summed E-state index contributed by atoms with van der Waals surface area (Å²) in [7, 11) is -1.53. The minimum absolute atomic E-state index is 0.00383. The zero-order valence-corrected chi connectivity index (χ0v) is 22.4. The van der Waals surface area contributed by atoms with Crippen LogP contribution >= 0.6 is 0 Å². The smallest absolute Gasteiger partial charge is 0.261 e. The monoisotopic (exact) mass is 529 g/mol. The van der Waals surface area contributed by atoms with Crippen LogP contribution in [0, 0.1) is 0 Å². The highest BCUT2D eigenvalue weighted by molar-refractivity contribution is 7.88. The number of unbranched alkanes of at least 4 members (excludes halogenated alkanes) is 1. The lowest BCUT2D eigenvalue weighted by atomic mass is 10.0. The summed E-state index contributed by atoms with van der Waals surface area (Å²) in [6.07, 6.45) is 4.92. The van der Waals surface area contributed by atoms with Crippen LogP contribution in [-0.4, -0.2) is 66.6 Å². The molecule has 1 amide bonds. The van der Waals surface area contributed by atoms with Crippen LogP contribution in [0.15, 0.2) is 45.7 Å². The number of aromatic nitrogens is 1. The van der Waals surface area contributed by atoms with Gasteiger partial charge in [-0.15, -0.1) is 0 Å². The number of anilines is 1. The van der Waals surface area contributed by atoms with E-state index in [0.717, 1.165) is 24.0 Å². The van der Waals surface area contributed by atoms with Crippen molar-refractivity contribution in [2.24, 2.45) is 12.8 Å². The quantitative estimate of drug-likeness (QED) is 0.407.